The minimum absolute atomic E-state index is 0.649. The topological polar surface area (TPSA) is 51.8 Å². The average molecular weight is 231 g/mol. The first-order valence-corrected chi connectivity index (χ1v) is 6.34. The summed E-state index contributed by atoms with van der Waals surface area (Å²) in [7, 11) is 0. The summed E-state index contributed by atoms with van der Waals surface area (Å²) < 4.78 is 0. The zero-order valence-electron chi connectivity index (χ0n) is 8.89. The second kappa shape index (κ2) is 3.87. The van der Waals surface area contributed by atoms with Gasteiger partial charge in [0.2, 0.25) is 0 Å². The van der Waals surface area contributed by atoms with Crippen LogP contribution >= 0.6 is 11.3 Å². The molecule has 0 amide bonds. The minimum Gasteiger partial charge on any atom is -0.398 e. The Balaban J connectivity index is 1.95. The summed E-state index contributed by atoms with van der Waals surface area (Å²) in [5.41, 5.74) is 7.71. The molecule has 0 spiro atoms. The second-order valence-electron chi connectivity index (χ2n) is 4.16. The Morgan fingerprint density at radius 2 is 2.00 bits per heavy atom. The fourth-order valence-corrected chi connectivity index (χ4v) is 2.91. The van der Waals surface area contributed by atoms with E-state index < -0.39 is 0 Å². The van der Waals surface area contributed by atoms with Gasteiger partial charge in [-0.25, -0.2) is 0 Å². The molecular weight excluding hydrogens is 218 g/mol. The number of hydrogen-bond acceptors (Lipinski definition) is 4. The van der Waals surface area contributed by atoms with E-state index in [0.717, 1.165) is 16.3 Å². The van der Waals surface area contributed by atoms with E-state index in [0.29, 0.717) is 5.92 Å². The van der Waals surface area contributed by atoms with Crippen LogP contribution in [-0.4, -0.2) is 10.2 Å². The Morgan fingerprint density at radius 3 is 2.69 bits per heavy atom. The smallest absolute Gasteiger partial charge is 0.149 e. The van der Waals surface area contributed by atoms with Crippen molar-refractivity contribution in [3.8, 4) is 10.6 Å². The number of hydrogen-bond donors (Lipinski definition) is 1. The average Bonchev–Trinajstić information content (AvgIpc) is 2.65. The van der Waals surface area contributed by atoms with Gasteiger partial charge in [0.15, 0.2) is 0 Å². The number of anilines is 1. The Morgan fingerprint density at radius 1 is 1.19 bits per heavy atom. The summed E-state index contributed by atoms with van der Waals surface area (Å²) in [6.45, 7) is 0. The van der Waals surface area contributed by atoms with Gasteiger partial charge in [0.1, 0.15) is 10.0 Å². The molecule has 1 heterocycles. The van der Waals surface area contributed by atoms with E-state index in [2.05, 4.69) is 10.2 Å². The zero-order valence-corrected chi connectivity index (χ0v) is 9.70. The first kappa shape index (κ1) is 9.78. The molecule has 2 N–H and O–H groups in total. The number of nitrogens with two attached hydrogens (primary N) is 1. The van der Waals surface area contributed by atoms with Gasteiger partial charge in [0.25, 0.3) is 0 Å². The highest BCUT2D eigenvalue weighted by Crippen LogP contribution is 2.39. The van der Waals surface area contributed by atoms with Crippen LogP contribution in [-0.2, 0) is 0 Å². The quantitative estimate of drug-likeness (QED) is 0.808. The van der Waals surface area contributed by atoms with E-state index in [1.54, 1.807) is 11.3 Å². The molecule has 0 radical (unpaired) electrons. The lowest BCUT2D eigenvalue weighted by Gasteiger charge is -2.21. The highest BCUT2D eigenvalue weighted by Gasteiger charge is 2.23. The van der Waals surface area contributed by atoms with E-state index in [1.807, 2.05) is 24.3 Å². The maximum atomic E-state index is 5.92. The van der Waals surface area contributed by atoms with Gasteiger partial charge in [-0.15, -0.1) is 10.2 Å². The predicted octanol–water partition coefficient (Wildman–Crippen LogP) is 3.05. The number of aromatic nitrogens is 2. The van der Waals surface area contributed by atoms with Crippen LogP contribution in [0.1, 0.15) is 30.2 Å². The largest absolute Gasteiger partial charge is 0.398 e. The van der Waals surface area contributed by atoms with Crippen molar-refractivity contribution in [3.63, 3.8) is 0 Å². The molecule has 3 rings (SSSR count). The Kier molecular flexibility index (Phi) is 2.36. The van der Waals surface area contributed by atoms with Crippen LogP contribution in [0.5, 0.6) is 0 Å². The molecule has 2 aromatic rings. The SMILES string of the molecule is Nc1ccccc1-c1nnc(C2CCC2)s1. The zero-order chi connectivity index (χ0) is 11.0. The molecule has 16 heavy (non-hydrogen) atoms. The van der Waals surface area contributed by atoms with Crippen molar-refractivity contribution in [2.24, 2.45) is 0 Å². The van der Waals surface area contributed by atoms with E-state index in [-0.39, 0.29) is 0 Å². The predicted molar refractivity (Wildman–Crippen MR) is 66.3 cm³/mol. The monoisotopic (exact) mass is 231 g/mol. The number of rotatable bonds is 2. The van der Waals surface area contributed by atoms with Gasteiger partial charge < -0.3 is 5.73 Å². The van der Waals surface area contributed by atoms with E-state index in [9.17, 15) is 0 Å². The van der Waals surface area contributed by atoms with Gasteiger partial charge in [0.05, 0.1) is 0 Å². The molecule has 0 atom stereocenters. The first-order valence-electron chi connectivity index (χ1n) is 5.53. The van der Waals surface area contributed by atoms with Crippen molar-refractivity contribution in [2.75, 3.05) is 5.73 Å². The normalized spacial score (nSPS) is 16.0. The van der Waals surface area contributed by atoms with Gasteiger partial charge in [-0.3, -0.25) is 0 Å². The Bertz CT molecular complexity index is 502. The third-order valence-electron chi connectivity index (χ3n) is 3.09. The van der Waals surface area contributed by atoms with Crippen LogP contribution in [0.15, 0.2) is 24.3 Å². The molecule has 1 aromatic heterocycles. The molecule has 3 nitrogen and oxygen atoms in total. The molecule has 82 valence electrons. The lowest BCUT2D eigenvalue weighted by atomic mass is 9.86. The van der Waals surface area contributed by atoms with Crippen LogP contribution in [0, 0.1) is 0 Å². The standard InChI is InChI=1S/C12H13N3S/c13-10-7-2-1-6-9(10)12-15-14-11(16-12)8-4-3-5-8/h1-2,6-8H,3-5,13H2. The number of nitrogens with zero attached hydrogens (tertiary/aromatic N) is 2. The lowest BCUT2D eigenvalue weighted by molar-refractivity contribution is 0.416. The van der Waals surface area contributed by atoms with E-state index in [4.69, 9.17) is 5.73 Å². The van der Waals surface area contributed by atoms with Crippen molar-refractivity contribution >= 4 is 17.0 Å². The van der Waals surface area contributed by atoms with Crippen molar-refractivity contribution in [1.29, 1.82) is 0 Å². The molecule has 0 aliphatic heterocycles. The summed E-state index contributed by atoms with van der Waals surface area (Å²) >= 11 is 1.68. The summed E-state index contributed by atoms with van der Waals surface area (Å²) in [4.78, 5) is 0. The Hall–Kier alpha value is -1.42. The fraction of sp³-hybridized carbons (Fsp3) is 0.333. The lowest BCUT2D eigenvalue weighted by Crippen LogP contribution is -2.07. The molecule has 4 heteroatoms. The van der Waals surface area contributed by atoms with Crippen LogP contribution in [0.2, 0.25) is 0 Å². The molecular formula is C12H13N3S. The van der Waals surface area contributed by atoms with Gasteiger partial charge in [-0.05, 0) is 25.0 Å². The fourth-order valence-electron chi connectivity index (χ4n) is 1.86. The third-order valence-corrected chi connectivity index (χ3v) is 4.21. The van der Waals surface area contributed by atoms with E-state index in [1.165, 1.54) is 24.3 Å². The molecule has 1 aliphatic rings. The highest BCUT2D eigenvalue weighted by atomic mass is 32.1. The van der Waals surface area contributed by atoms with Crippen LogP contribution in [0.4, 0.5) is 5.69 Å². The van der Waals surface area contributed by atoms with Crippen molar-refractivity contribution < 1.29 is 0 Å². The molecule has 0 bridgehead atoms. The van der Waals surface area contributed by atoms with Crippen LogP contribution in [0.3, 0.4) is 0 Å². The number of benzene rings is 1. The summed E-state index contributed by atoms with van der Waals surface area (Å²) in [5.74, 6) is 0.649. The maximum Gasteiger partial charge on any atom is 0.149 e. The Labute approximate surface area is 98.3 Å². The number of nitrogen functional groups attached to an aromatic ring is 1. The minimum atomic E-state index is 0.649. The van der Waals surface area contributed by atoms with Gasteiger partial charge in [-0.2, -0.15) is 0 Å². The van der Waals surface area contributed by atoms with Gasteiger partial charge >= 0.3 is 0 Å². The molecule has 0 saturated heterocycles. The molecule has 1 aliphatic carbocycles. The van der Waals surface area contributed by atoms with Crippen molar-refractivity contribution in [2.45, 2.75) is 25.2 Å². The highest BCUT2D eigenvalue weighted by molar-refractivity contribution is 7.14. The number of para-hydroxylation sites is 1. The molecule has 1 aromatic carbocycles. The van der Waals surface area contributed by atoms with Crippen molar-refractivity contribution in [3.05, 3.63) is 29.3 Å². The van der Waals surface area contributed by atoms with Crippen molar-refractivity contribution in [1.82, 2.24) is 10.2 Å². The summed E-state index contributed by atoms with van der Waals surface area (Å²) in [6, 6.07) is 7.82. The first-order chi connectivity index (χ1) is 7.84. The summed E-state index contributed by atoms with van der Waals surface area (Å²) in [5, 5.41) is 10.6. The molecule has 1 fully saturated rings. The summed E-state index contributed by atoms with van der Waals surface area (Å²) in [6.07, 6.45) is 3.85. The maximum absolute atomic E-state index is 5.92. The van der Waals surface area contributed by atoms with Crippen LogP contribution < -0.4 is 5.73 Å². The van der Waals surface area contributed by atoms with Gasteiger partial charge in [0, 0.05) is 17.2 Å². The van der Waals surface area contributed by atoms with Crippen LogP contribution in [0.25, 0.3) is 10.6 Å². The van der Waals surface area contributed by atoms with E-state index >= 15 is 0 Å². The van der Waals surface area contributed by atoms with Gasteiger partial charge in [-0.1, -0.05) is 29.9 Å². The molecule has 1 saturated carbocycles. The second-order valence-corrected chi connectivity index (χ2v) is 5.17. The third kappa shape index (κ3) is 1.59. The molecule has 0 unspecified atom stereocenters.